The van der Waals surface area contributed by atoms with Crippen LogP contribution in [0, 0.1) is 6.20 Å². The molecule has 2 aromatic heterocycles. The fourth-order valence-corrected chi connectivity index (χ4v) is 2.55. The number of hydrogen-bond acceptors (Lipinski definition) is 8. The van der Waals surface area contributed by atoms with E-state index in [0.717, 1.165) is 10.5 Å². The first-order valence-electron chi connectivity index (χ1n) is 8.04. The van der Waals surface area contributed by atoms with E-state index in [9.17, 15) is 4.79 Å². The first-order valence-corrected chi connectivity index (χ1v) is 9.64. The fourth-order valence-electron chi connectivity index (χ4n) is 2.11. The van der Waals surface area contributed by atoms with Crippen molar-refractivity contribution in [3.63, 3.8) is 0 Å². The van der Waals surface area contributed by atoms with Crippen molar-refractivity contribution in [3.8, 4) is 23.0 Å². The predicted molar refractivity (Wildman–Crippen MR) is 105 cm³/mol. The molecule has 0 aliphatic rings. The second kappa shape index (κ2) is 9.34. The van der Waals surface area contributed by atoms with Crippen LogP contribution in [-0.2, 0) is 0 Å². The Morgan fingerprint density at radius 2 is 1.86 bits per heavy atom. The van der Waals surface area contributed by atoms with E-state index in [-0.39, 0.29) is 30.9 Å². The van der Waals surface area contributed by atoms with Gasteiger partial charge in [0, 0.05) is 22.3 Å². The molecule has 1 aromatic carbocycles. The molecule has 0 spiro atoms. The van der Waals surface area contributed by atoms with E-state index in [1.807, 2.05) is 6.26 Å². The molecule has 3 rings (SSSR count). The number of ether oxygens (including phenoxy) is 2. The maximum atomic E-state index is 11.4. The third-order valence-corrected chi connectivity index (χ3v) is 4.38. The molecule has 0 fully saturated rings. The topological polar surface area (TPSA) is 113 Å². The van der Waals surface area contributed by atoms with Gasteiger partial charge in [-0.15, -0.1) is 11.8 Å². The minimum atomic E-state index is -0.776. The molecule has 10 heteroatoms. The Hall–Kier alpha value is -2.91. The molecule has 0 aliphatic heterocycles. The summed E-state index contributed by atoms with van der Waals surface area (Å²) in [6.07, 6.45) is 8.02. The monoisotopic (exact) mass is 416 g/mol. The standard InChI is InChI=1S/C18H15ClN5O3S/c1-28-13-8-22-18(23-9-13)27-7-6-26-17-14(10-21-16(24-17)15(20)25)11-2-4-12(19)5-3-11/h2-5,8-9H,6-7H2,1H3,(H2,20,25). The third kappa shape index (κ3) is 5.08. The van der Waals surface area contributed by atoms with Gasteiger partial charge in [0.15, 0.2) is 0 Å². The highest BCUT2D eigenvalue weighted by atomic mass is 35.5. The molecule has 0 bridgehead atoms. The van der Waals surface area contributed by atoms with Crippen LogP contribution in [0.1, 0.15) is 10.6 Å². The van der Waals surface area contributed by atoms with Gasteiger partial charge in [0.2, 0.25) is 11.7 Å². The van der Waals surface area contributed by atoms with Gasteiger partial charge in [-0.25, -0.2) is 15.0 Å². The van der Waals surface area contributed by atoms with Crippen LogP contribution >= 0.6 is 23.4 Å². The first kappa shape index (κ1) is 19.8. The zero-order valence-corrected chi connectivity index (χ0v) is 16.3. The predicted octanol–water partition coefficient (Wildman–Crippen LogP) is 2.67. The number of rotatable bonds is 8. The number of carbonyl (C=O) groups is 1. The lowest BCUT2D eigenvalue weighted by molar-refractivity contribution is 0.0988. The second-order valence-corrected chi connectivity index (χ2v) is 6.63. The van der Waals surface area contributed by atoms with E-state index < -0.39 is 5.91 Å². The van der Waals surface area contributed by atoms with Crippen molar-refractivity contribution in [2.45, 2.75) is 4.90 Å². The highest BCUT2D eigenvalue weighted by Gasteiger charge is 2.14. The van der Waals surface area contributed by atoms with E-state index in [2.05, 4.69) is 26.1 Å². The van der Waals surface area contributed by atoms with Gasteiger partial charge in [-0.1, -0.05) is 23.7 Å². The summed E-state index contributed by atoms with van der Waals surface area (Å²) >= 11 is 7.46. The summed E-state index contributed by atoms with van der Waals surface area (Å²) in [6.45, 7) is 0.311. The van der Waals surface area contributed by atoms with E-state index in [1.54, 1.807) is 36.7 Å². The van der Waals surface area contributed by atoms with Crippen LogP contribution in [0.3, 0.4) is 0 Å². The largest absolute Gasteiger partial charge is 0.473 e. The summed E-state index contributed by atoms with van der Waals surface area (Å²) < 4.78 is 11.1. The van der Waals surface area contributed by atoms with E-state index >= 15 is 0 Å². The number of carbonyl (C=O) groups excluding carboxylic acids is 1. The Kier molecular flexibility index (Phi) is 6.62. The van der Waals surface area contributed by atoms with Crippen LogP contribution in [0.5, 0.6) is 11.9 Å². The first-order chi connectivity index (χ1) is 13.6. The van der Waals surface area contributed by atoms with Crippen molar-refractivity contribution in [1.29, 1.82) is 0 Å². The fraction of sp³-hybridized carbons (Fsp3) is 0.167. The summed E-state index contributed by atoms with van der Waals surface area (Å²) in [5.74, 6) is -0.805. The molecular formula is C18H15ClN5O3S. The Balaban J connectivity index is 1.70. The average Bonchev–Trinajstić information content (AvgIpc) is 2.72. The van der Waals surface area contributed by atoms with Crippen molar-refractivity contribution >= 4 is 29.3 Å². The Bertz CT molecular complexity index is 954. The van der Waals surface area contributed by atoms with Gasteiger partial charge in [0.1, 0.15) is 19.4 Å². The summed E-state index contributed by atoms with van der Waals surface area (Å²) in [7, 11) is 0. The van der Waals surface area contributed by atoms with E-state index in [4.69, 9.17) is 26.8 Å². The number of nitrogens with two attached hydrogens (primary N) is 1. The number of hydrogen-bond donors (Lipinski definition) is 1. The normalized spacial score (nSPS) is 10.5. The highest BCUT2D eigenvalue weighted by Crippen LogP contribution is 2.28. The van der Waals surface area contributed by atoms with Crippen LogP contribution < -0.4 is 15.2 Å². The van der Waals surface area contributed by atoms with Gasteiger partial charge < -0.3 is 15.2 Å². The van der Waals surface area contributed by atoms with Crippen molar-refractivity contribution < 1.29 is 14.3 Å². The quantitative estimate of drug-likeness (QED) is 0.440. The summed E-state index contributed by atoms with van der Waals surface area (Å²) in [4.78, 5) is 28.4. The molecule has 1 amide bonds. The molecule has 1 radical (unpaired) electrons. The molecule has 0 atom stereocenters. The second-order valence-electron chi connectivity index (χ2n) is 5.31. The number of primary amides is 1. The zero-order chi connectivity index (χ0) is 19.9. The van der Waals surface area contributed by atoms with Gasteiger partial charge in [0.05, 0.1) is 5.56 Å². The maximum absolute atomic E-state index is 11.4. The van der Waals surface area contributed by atoms with Gasteiger partial charge in [-0.05, 0) is 24.0 Å². The molecular weight excluding hydrogens is 402 g/mol. The number of thioether (sulfide) groups is 1. The Morgan fingerprint density at radius 3 is 2.50 bits per heavy atom. The lowest BCUT2D eigenvalue weighted by Gasteiger charge is -2.11. The maximum Gasteiger partial charge on any atom is 0.316 e. The summed E-state index contributed by atoms with van der Waals surface area (Å²) in [5, 5.41) is 0.585. The number of benzene rings is 1. The Labute approximate surface area is 170 Å². The average molecular weight is 417 g/mol. The van der Waals surface area contributed by atoms with Crippen LogP contribution in [0.25, 0.3) is 11.1 Å². The SMILES string of the molecule is CSc1cnc(OCCOc2nc(C(N)=O)n[c]c2-c2ccc(Cl)cc2)nc1. The molecule has 0 unspecified atom stereocenters. The smallest absolute Gasteiger partial charge is 0.316 e. The molecule has 0 saturated heterocycles. The van der Waals surface area contributed by atoms with Crippen molar-refractivity contribution in [2.24, 2.45) is 5.73 Å². The molecule has 2 heterocycles. The van der Waals surface area contributed by atoms with E-state index in [0.29, 0.717) is 10.6 Å². The molecule has 143 valence electrons. The lowest BCUT2D eigenvalue weighted by atomic mass is 10.1. The zero-order valence-electron chi connectivity index (χ0n) is 14.8. The Morgan fingerprint density at radius 1 is 1.18 bits per heavy atom. The molecule has 8 nitrogen and oxygen atoms in total. The van der Waals surface area contributed by atoms with Crippen LogP contribution in [0.2, 0.25) is 5.02 Å². The lowest BCUT2D eigenvalue weighted by Crippen LogP contribution is -2.17. The van der Waals surface area contributed by atoms with Gasteiger partial charge in [0.25, 0.3) is 5.91 Å². The molecule has 3 aromatic rings. The highest BCUT2D eigenvalue weighted by molar-refractivity contribution is 7.98. The van der Waals surface area contributed by atoms with Crippen molar-refractivity contribution in [1.82, 2.24) is 19.9 Å². The molecule has 2 N–H and O–H groups in total. The van der Waals surface area contributed by atoms with E-state index in [1.165, 1.54) is 11.8 Å². The summed E-state index contributed by atoms with van der Waals surface area (Å²) in [6, 6.07) is 7.22. The van der Waals surface area contributed by atoms with Gasteiger partial charge in [-0.3, -0.25) is 4.79 Å². The minimum absolute atomic E-state index is 0.136. The van der Waals surface area contributed by atoms with Crippen LogP contribution in [0.15, 0.2) is 41.6 Å². The van der Waals surface area contributed by atoms with Crippen molar-refractivity contribution in [2.75, 3.05) is 19.5 Å². The van der Waals surface area contributed by atoms with Gasteiger partial charge in [-0.2, -0.15) is 4.98 Å². The number of aromatic nitrogens is 4. The number of nitrogens with zero attached hydrogens (tertiary/aromatic N) is 4. The van der Waals surface area contributed by atoms with Crippen LogP contribution in [0.4, 0.5) is 0 Å². The summed E-state index contributed by atoms with van der Waals surface area (Å²) in [5.41, 5.74) is 6.45. The van der Waals surface area contributed by atoms with Crippen LogP contribution in [-0.4, -0.2) is 45.3 Å². The number of amides is 1. The molecule has 0 saturated carbocycles. The molecule has 28 heavy (non-hydrogen) atoms. The minimum Gasteiger partial charge on any atom is -0.473 e. The third-order valence-electron chi connectivity index (χ3n) is 3.44. The molecule has 0 aliphatic carbocycles. The van der Waals surface area contributed by atoms with Crippen molar-refractivity contribution in [3.05, 3.63) is 53.7 Å². The number of halogens is 1. The van der Waals surface area contributed by atoms with Gasteiger partial charge >= 0.3 is 6.01 Å².